The Kier molecular flexibility index (Phi) is 35.3. The summed E-state index contributed by atoms with van der Waals surface area (Å²) >= 11 is 0. The van der Waals surface area contributed by atoms with Crippen molar-refractivity contribution in [2.45, 2.75) is 198 Å². The number of unbranched alkanes of at least 4 members (excludes halogenated alkanes) is 11. The van der Waals surface area contributed by atoms with Crippen LogP contribution in [0.25, 0.3) is 0 Å². The van der Waals surface area contributed by atoms with Crippen molar-refractivity contribution >= 4 is 19.8 Å². The van der Waals surface area contributed by atoms with Crippen molar-refractivity contribution in [3.63, 3.8) is 0 Å². The van der Waals surface area contributed by atoms with Gasteiger partial charge in [0.05, 0.1) is 6.61 Å². The number of hydrogen-bond acceptors (Lipinski definition) is 12. The predicted octanol–water partition coefficient (Wildman–Crippen LogP) is 9.28. The first-order valence-corrected chi connectivity index (χ1v) is 24.9. The third kappa shape index (κ3) is 30.7. The molecule has 6 unspecified atom stereocenters. The van der Waals surface area contributed by atoms with Crippen molar-refractivity contribution in [3.05, 3.63) is 85.1 Å². The van der Waals surface area contributed by atoms with Crippen LogP contribution in [0.1, 0.15) is 155 Å². The maximum absolute atomic E-state index is 12.8. The summed E-state index contributed by atoms with van der Waals surface area (Å²) < 4.78 is 33.4. The van der Waals surface area contributed by atoms with E-state index in [1.54, 1.807) is 0 Å². The number of phosphoric ester groups is 1. The van der Waals surface area contributed by atoms with Gasteiger partial charge in [-0.1, -0.05) is 150 Å². The molecule has 1 fully saturated rings. The van der Waals surface area contributed by atoms with Gasteiger partial charge in [-0.3, -0.25) is 18.6 Å². The molecular formula is C49H81O13P. The molecule has 0 spiro atoms. The van der Waals surface area contributed by atoms with Gasteiger partial charge in [-0.05, 0) is 77.0 Å². The molecule has 6 N–H and O–H groups in total. The Balaban J connectivity index is 2.53. The van der Waals surface area contributed by atoms with Gasteiger partial charge in [-0.25, -0.2) is 4.57 Å². The van der Waals surface area contributed by atoms with E-state index in [-0.39, 0.29) is 12.8 Å². The second-order valence-corrected chi connectivity index (χ2v) is 17.3. The van der Waals surface area contributed by atoms with E-state index in [0.717, 1.165) is 57.8 Å². The first-order valence-electron chi connectivity index (χ1n) is 23.4. The Morgan fingerprint density at radius 3 is 1.44 bits per heavy atom. The summed E-state index contributed by atoms with van der Waals surface area (Å²) in [5, 5.41) is 50.1. The molecular weight excluding hydrogens is 827 g/mol. The normalized spacial score (nSPS) is 22.5. The number of carbonyl (C=O) groups is 2. The van der Waals surface area contributed by atoms with Crippen LogP contribution in [0.5, 0.6) is 0 Å². The highest BCUT2D eigenvalue weighted by Crippen LogP contribution is 2.47. The summed E-state index contributed by atoms with van der Waals surface area (Å²) in [5.74, 6) is -1.23. The third-order valence-corrected chi connectivity index (χ3v) is 11.2. The van der Waals surface area contributed by atoms with Crippen LogP contribution in [0.15, 0.2) is 85.1 Å². The molecule has 0 aliphatic heterocycles. The number of phosphoric acid groups is 1. The molecule has 1 aliphatic carbocycles. The molecule has 1 rings (SSSR count). The van der Waals surface area contributed by atoms with Crippen molar-refractivity contribution in [3.8, 4) is 0 Å². The van der Waals surface area contributed by atoms with Crippen LogP contribution in [0.3, 0.4) is 0 Å². The molecule has 0 saturated heterocycles. The lowest BCUT2D eigenvalue weighted by molar-refractivity contribution is -0.220. The summed E-state index contributed by atoms with van der Waals surface area (Å²) in [6.07, 6.45) is 36.5. The number of aliphatic hydroxyl groups excluding tert-OH is 5. The van der Waals surface area contributed by atoms with E-state index in [9.17, 15) is 44.6 Å². The van der Waals surface area contributed by atoms with Crippen LogP contribution in [-0.2, 0) is 32.7 Å². The van der Waals surface area contributed by atoms with Gasteiger partial charge >= 0.3 is 19.8 Å². The van der Waals surface area contributed by atoms with Gasteiger partial charge < -0.3 is 39.9 Å². The van der Waals surface area contributed by atoms with Gasteiger partial charge in [0.1, 0.15) is 43.2 Å². The highest BCUT2D eigenvalue weighted by Gasteiger charge is 2.51. The number of aliphatic hydroxyl groups is 5. The Morgan fingerprint density at radius 1 is 0.508 bits per heavy atom. The molecule has 0 aromatic heterocycles. The van der Waals surface area contributed by atoms with Gasteiger partial charge in [0.25, 0.3) is 0 Å². The summed E-state index contributed by atoms with van der Waals surface area (Å²) in [7, 11) is -5.14. The lowest BCUT2D eigenvalue weighted by atomic mass is 9.85. The Labute approximate surface area is 378 Å². The fourth-order valence-corrected chi connectivity index (χ4v) is 7.46. The summed E-state index contributed by atoms with van der Waals surface area (Å²) in [6, 6.07) is 0. The molecule has 0 aromatic carbocycles. The minimum absolute atomic E-state index is 0.0336. The second-order valence-electron chi connectivity index (χ2n) is 15.9. The van der Waals surface area contributed by atoms with Crippen molar-refractivity contribution < 1.29 is 63.1 Å². The highest BCUT2D eigenvalue weighted by molar-refractivity contribution is 7.47. The Bertz CT molecular complexity index is 1420. The van der Waals surface area contributed by atoms with E-state index in [2.05, 4.69) is 80.7 Å². The predicted molar refractivity (Wildman–Crippen MR) is 248 cm³/mol. The van der Waals surface area contributed by atoms with Gasteiger partial charge in [-0.15, -0.1) is 0 Å². The zero-order valence-corrected chi connectivity index (χ0v) is 39.0. The Hall–Kier alpha value is -2.97. The molecule has 0 radical (unpaired) electrons. The fraction of sp³-hybridized carbons (Fsp3) is 0.673. The van der Waals surface area contributed by atoms with Gasteiger partial charge in [0.2, 0.25) is 0 Å². The van der Waals surface area contributed by atoms with E-state index < -0.39 is 75.7 Å². The summed E-state index contributed by atoms with van der Waals surface area (Å²) in [5.41, 5.74) is 0. The van der Waals surface area contributed by atoms with E-state index in [1.165, 1.54) is 51.4 Å². The van der Waals surface area contributed by atoms with Crippen LogP contribution in [0, 0.1) is 0 Å². The number of hydrogen-bond donors (Lipinski definition) is 6. The number of rotatable bonds is 37. The molecule has 1 saturated carbocycles. The zero-order chi connectivity index (χ0) is 46.4. The van der Waals surface area contributed by atoms with E-state index in [4.69, 9.17) is 18.5 Å². The average molecular weight is 909 g/mol. The van der Waals surface area contributed by atoms with Crippen LogP contribution in [-0.4, -0.2) is 98.3 Å². The molecule has 0 heterocycles. The maximum Gasteiger partial charge on any atom is 0.472 e. The van der Waals surface area contributed by atoms with E-state index in [0.29, 0.717) is 19.3 Å². The molecule has 14 heteroatoms. The molecule has 360 valence electrons. The summed E-state index contributed by atoms with van der Waals surface area (Å²) in [4.78, 5) is 35.7. The molecule has 1 aliphatic rings. The van der Waals surface area contributed by atoms with Crippen molar-refractivity contribution in [2.75, 3.05) is 13.2 Å². The zero-order valence-electron chi connectivity index (χ0n) is 38.1. The monoisotopic (exact) mass is 909 g/mol. The van der Waals surface area contributed by atoms with Crippen LogP contribution in [0.2, 0.25) is 0 Å². The SMILES string of the molecule is CC/C=C/C/C=C/C/C=C/C/C=C/C/C=C/C/C=C/CCC(=O)OC[C@@H](COP(=O)(O)OC1C(O)C(O)C(O)[C@H](O)C1O)OC(=O)CCCC/C=C/CCCCCCCCCCC. The number of esters is 2. The average Bonchev–Trinajstić information content (AvgIpc) is 3.26. The minimum atomic E-state index is -5.14. The first-order chi connectivity index (χ1) is 30.4. The van der Waals surface area contributed by atoms with Crippen LogP contribution < -0.4 is 0 Å². The number of carbonyl (C=O) groups excluding carboxylic acids is 2. The van der Waals surface area contributed by atoms with Gasteiger partial charge in [0, 0.05) is 12.8 Å². The lowest BCUT2D eigenvalue weighted by Gasteiger charge is -2.41. The lowest BCUT2D eigenvalue weighted by Crippen LogP contribution is -2.64. The minimum Gasteiger partial charge on any atom is -0.462 e. The van der Waals surface area contributed by atoms with E-state index >= 15 is 0 Å². The quantitative estimate of drug-likeness (QED) is 0.0149. The molecule has 0 aromatic rings. The first kappa shape index (κ1) is 58.0. The molecule has 63 heavy (non-hydrogen) atoms. The smallest absolute Gasteiger partial charge is 0.462 e. The number of ether oxygens (including phenoxy) is 2. The van der Waals surface area contributed by atoms with Gasteiger partial charge in [0.15, 0.2) is 6.10 Å². The molecule has 13 nitrogen and oxygen atoms in total. The van der Waals surface area contributed by atoms with Crippen molar-refractivity contribution in [1.29, 1.82) is 0 Å². The topological polar surface area (TPSA) is 210 Å². The van der Waals surface area contributed by atoms with Crippen LogP contribution >= 0.6 is 7.82 Å². The maximum atomic E-state index is 12.8. The van der Waals surface area contributed by atoms with Gasteiger partial charge in [-0.2, -0.15) is 0 Å². The fourth-order valence-electron chi connectivity index (χ4n) is 6.48. The second kappa shape index (κ2) is 38.3. The molecule has 8 atom stereocenters. The molecule has 0 bridgehead atoms. The number of allylic oxidation sites excluding steroid dienone is 14. The third-order valence-electron chi connectivity index (χ3n) is 10.2. The highest BCUT2D eigenvalue weighted by atomic mass is 31.2. The Morgan fingerprint density at radius 2 is 0.937 bits per heavy atom. The van der Waals surface area contributed by atoms with Crippen molar-refractivity contribution in [1.82, 2.24) is 0 Å². The summed E-state index contributed by atoms with van der Waals surface area (Å²) in [6.45, 7) is 3.09. The van der Waals surface area contributed by atoms with Crippen molar-refractivity contribution in [2.24, 2.45) is 0 Å². The van der Waals surface area contributed by atoms with Crippen LogP contribution in [0.4, 0.5) is 0 Å². The molecule has 0 amide bonds. The van der Waals surface area contributed by atoms with E-state index in [1.807, 2.05) is 18.2 Å². The standard InChI is InChI=1S/C49H81O13P/c1-3-5-7-9-11-13-15-17-19-20-21-22-24-25-27-29-31-33-35-37-42(50)59-39-41(40-60-63(57,58)62-49-47(55)45(53)44(52)46(54)48(49)56)61-43(51)38-36-34-32-30-28-26-23-18-16-14-12-10-8-6-4-2/h5,7,11,13,17,19,21-22,25,27-28,30-31,33,41,44-49,52-56H,3-4,6,8-10,12,14-16,18,20,23-24,26,29,32,34-40H2,1-2H3,(H,57,58)/b7-5+,13-11+,19-17+,22-21+,27-25+,30-28+,33-31+/t41-,44?,45-,46?,47?,48?,49?/m0/s1. The largest absolute Gasteiger partial charge is 0.472 e.